The molecule has 0 aliphatic rings. The summed E-state index contributed by atoms with van der Waals surface area (Å²) in [5.41, 5.74) is 2.44. The van der Waals surface area contributed by atoms with Crippen LogP contribution in [0, 0.1) is 25.6 Å². The third-order valence-electron chi connectivity index (χ3n) is 3.69. The molecule has 1 aromatic carbocycles. The van der Waals surface area contributed by atoms with Crippen LogP contribution in [0.25, 0.3) is 5.69 Å². The quantitative estimate of drug-likeness (QED) is 0.892. The fraction of sp³-hybridized carbons (Fsp3) is 0.353. The number of aliphatic hydroxyl groups is 1. The molecule has 4 nitrogen and oxygen atoms in total. The minimum atomic E-state index is -0.329. The molecule has 0 spiro atoms. The van der Waals surface area contributed by atoms with Crippen LogP contribution in [0.1, 0.15) is 28.7 Å². The largest absolute Gasteiger partial charge is 0.396 e. The molecule has 118 valence electrons. The van der Waals surface area contributed by atoms with E-state index in [1.54, 1.807) is 35.8 Å². The van der Waals surface area contributed by atoms with Gasteiger partial charge in [0.25, 0.3) is 5.91 Å². The van der Waals surface area contributed by atoms with Crippen molar-refractivity contribution < 1.29 is 14.3 Å². The number of nitrogens with zero attached hydrogens (tertiary/aromatic N) is 1. The predicted molar refractivity (Wildman–Crippen MR) is 83.8 cm³/mol. The average Bonchev–Trinajstić information content (AvgIpc) is 2.80. The van der Waals surface area contributed by atoms with Crippen molar-refractivity contribution in [1.29, 1.82) is 0 Å². The lowest BCUT2D eigenvalue weighted by Crippen LogP contribution is -2.29. The van der Waals surface area contributed by atoms with Gasteiger partial charge in [0.05, 0.1) is 11.3 Å². The Hall–Kier alpha value is -2.14. The van der Waals surface area contributed by atoms with Gasteiger partial charge in [0, 0.05) is 24.5 Å². The molecule has 5 heteroatoms. The molecule has 0 aliphatic carbocycles. The van der Waals surface area contributed by atoms with Crippen LogP contribution in [0.3, 0.4) is 0 Å². The first-order valence-corrected chi connectivity index (χ1v) is 7.28. The van der Waals surface area contributed by atoms with Crippen LogP contribution >= 0.6 is 0 Å². The Morgan fingerprint density at radius 3 is 2.68 bits per heavy atom. The van der Waals surface area contributed by atoms with Crippen LogP contribution < -0.4 is 5.32 Å². The van der Waals surface area contributed by atoms with Crippen molar-refractivity contribution in [2.24, 2.45) is 5.92 Å². The first-order chi connectivity index (χ1) is 10.5. The first kappa shape index (κ1) is 16.2. The Labute approximate surface area is 129 Å². The molecular formula is C17H21FN2O2. The van der Waals surface area contributed by atoms with Gasteiger partial charge in [0.2, 0.25) is 0 Å². The number of benzene rings is 1. The van der Waals surface area contributed by atoms with Gasteiger partial charge in [0.15, 0.2) is 0 Å². The molecule has 0 saturated heterocycles. The molecule has 22 heavy (non-hydrogen) atoms. The van der Waals surface area contributed by atoms with Gasteiger partial charge in [-0.1, -0.05) is 19.1 Å². The van der Waals surface area contributed by atoms with E-state index in [2.05, 4.69) is 5.32 Å². The number of aromatic nitrogens is 1. The highest BCUT2D eigenvalue weighted by molar-refractivity contribution is 5.95. The summed E-state index contributed by atoms with van der Waals surface area (Å²) in [5.74, 6) is -0.542. The van der Waals surface area contributed by atoms with Crippen molar-refractivity contribution >= 4 is 5.91 Å². The van der Waals surface area contributed by atoms with Crippen molar-refractivity contribution in [3.05, 3.63) is 53.1 Å². The second-order valence-corrected chi connectivity index (χ2v) is 5.57. The number of carbonyl (C=O) groups is 1. The van der Waals surface area contributed by atoms with Gasteiger partial charge in [-0.25, -0.2) is 4.39 Å². The molecule has 1 heterocycles. The monoisotopic (exact) mass is 304 g/mol. The van der Waals surface area contributed by atoms with E-state index < -0.39 is 0 Å². The average molecular weight is 304 g/mol. The molecule has 0 aliphatic heterocycles. The molecule has 0 bridgehead atoms. The Balaban J connectivity index is 2.32. The SMILES string of the molecule is Cc1cc(C(=O)NCC(C)CO)c(C)n1-c1ccccc1F. The number of aryl methyl sites for hydroxylation is 1. The summed E-state index contributed by atoms with van der Waals surface area (Å²) >= 11 is 0. The highest BCUT2D eigenvalue weighted by Crippen LogP contribution is 2.22. The summed E-state index contributed by atoms with van der Waals surface area (Å²) < 4.78 is 15.7. The summed E-state index contributed by atoms with van der Waals surface area (Å²) in [4.78, 5) is 12.3. The summed E-state index contributed by atoms with van der Waals surface area (Å²) in [7, 11) is 0. The summed E-state index contributed by atoms with van der Waals surface area (Å²) in [6, 6.07) is 8.24. The molecule has 1 unspecified atom stereocenters. The van der Waals surface area contributed by atoms with Gasteiger partial charge >= 0.3 is 0 Å². The van der Waals surface area contributed by atoms with Crippen LogP contribution in [-0.4, -0.2) is 28.7 Å². The highest BCUT2D eigenvalue weighted by Gasteiger charge is 2.18. The van der Waals surface area contributed by atoms with E-state index in [1.807, 2.05) is 13.8 Å². The Kier molecular flexibility index (Phi) is 4.98. The number of halogens is 1. The number of amides is 1. The van der Waals surface area contributed by atoms with Crippen molar-refractivity contribution in [1.82, 2.24) is 9.88 Å². The zero-order chi connectivity index (χ0) is 16.3. The zero-order valence-electron chi connectivity index (χ0n) is 13.1. The van der Waals surface area contributed by atoms with Gasteiger partial charge in [-0.15, -0.1) is 0 Å². The molecule has 0 radical (unpaired) electrons. The van der Waals surface area contributed by atoms with Crippen molar-refractivity contribution in [2.75, 3.05) is 13.2 Å². The molecule has 0 fully saturated rings. The molecule has 1 atom stereocenters. The van der Waals surface area contributed by atoms with E-state index >= 15 is 0 Å². The summed E-state index contributed by atoms with van der Waals surface area (Å²) in [6.07, 6.45) is 0. The standard InChI is InChI=1S/C17H21FN2O2/c1-11(10-21)9-19-17(22)14-8-12(2)20(13(14)3)16-7-5-4-6-15(16)18/h4-8,11,21H,9-10H2,1-3H3,(H,19,22). The van der Waals surface area contributed by atoms with Gasteiger partial charge in [-0.2, -0.15) is 0 Å². The van der Waals surface area contributed by atoms with E-state index in [1.165, 1.54) is 6.07 Å². The number of nitrogens with one attached hydrogen (secondary N) is 1. The number of rotatable bonds is 5. The number of para-hydroxylation sites is 1. The predicted octanol–water partition coefficient (Wildman–Crippen LogP) is 2.59. The minimum absolute atomic E-state index is 0.000920. The number of hydrogen-bond acceptors (Lipinski definition) is 2. The normalized spacial score (nSPS) is 12.2. The van der Waals surface area contributed by atoms with Crippen LogP contribution in [-0.2, 0) is 0 Å². The van der Waals surface area contributed by atoms with E-state index in [9.17, 15) is 9.18 Å². The third kappa shape index (κ3) is 3.20. The lowest BCUT2D eigenvalue weighted by atomic mass is 10.2. The van der Waals surface area contributed by atoms with Crippen molar-refractivity contribution in [3.63, 3.8) is 0 Å². The van der Waals surface area contributed by atoms with E-state index in [-0.39, 0.29) is 24.2 Å². The lowest BCUT2D eigenvalue weighted by molar-refractivity contribution is 0.0941. The maximum Gasteiger partial charge on any atom is 0.253 e. The first-order valence-electron chi connectivity index (χ1n) is 7.28. The highest BCUT2D eigenvalue weighted by atomic mass is 19.1. The van der Waals surface area contributed by atoms with Crippen LogP contribution in [0.2, 0.25) is 0 Å². The molecule has 1 amide bonds. The van der Waals surface area contributed by atoms with Crippen molar-refractivity contribution in [2.45, 2.75) is 20.8 Å². The maximum absolute atomic E-state index is 14.0. The fourth-order valence-electron chi connectivity index (χ4n) is 2.42. The van der Waals surface area contributed by atoms with E-state index in [4.69, 9.17) is 5.11 Å². The second-order valence-electron chi connectivity index (χ2n) is 5.57. The molecule has 0 saturated carbocycles. The van der Waals surface area contributed by atoms with Crippen LogP contribution in [0.15, 0.2) is 30.3 Å². The Morgan fingerprint density at radius 2 is 2.05 bits per heavy atom. The Morgan fingerprint density at radius 1 is 1.36 bits per heavy atom. The van der Waals surface area contributed by atoms with Gasteiger partial charge in [-0.3, -0.25) is 4.79 Å². The van der Waals surface area contributed by atoms with E-state index in [0.717, 1.165) is 5.69 Å². The maximum atomic E-state index is 14.0. The number of hydrogen-bond donors (Lipinski definition) is 2. The molecule has 1 aromatic heterocycles. The third-order valence-corrected chi connectivity index (χ3v) is 3.69. The topological polar surface area (TPSA) is 54.3 Å². The van der Waals surface area contributed by atoms with Gasteiger partial charge in [-0.05, 0) is 38.0 Å². The van der Waals surface area contributed by atoms with Gasteiger partial charge < -0.3 is 15.0 Å². The van der Waals surface area contributed by atoms with Crippen LogP contribution in [0.5, 0.6) is 0 Å². The van der Waals surface area contributed by atoms with Crippen molar-refractivity contribution in [3.8, 4) is 5.69 Å². The van der Waals surface area contributed by atoms with Gasteiger partial charge in [0.1, 0.15) is 5.82 Å². The summed E-state index contributed by atoms with van der Waals surface area (Å²) in [6.45, 7) is 5.91. The lowest BCUT2D eigenvalue weighted by Gasteiger charge is -2.12. The zero-order valence-corrected chi connectivity index (χ0v) is 13.1. The summed E-state index contributed by atoms with van der Waals surface area (Å²) in [5, 5.41) is 11.8. The smallest absolute Gasteiger partial charge is 0.253 e. The van der Waals surface area contributed by atoms with E-state index in [0.29, 0.717) is 23.5 Å². The fourth-order valence-corrected chi connectivity index (χ4v) is 2.42. The molecular weight excluding hydrogens is 283 g/mol. The number of aliphatic hydroxyl groups excluding tert-OH is 1. The molecule has 2 rings (SSSR count). The minimum Gasteiger partial charge on any atom is -0.396 e. The molecule has 2 aromatic rings. The molecule has 2 N–H and O–H groups in total. The van der Waals surface area contributed by atoms with Crippen LogP contribution in [0.4, 0.5) is 4.39 Å². The Bertz CT molecular complexity index is 679. The second kappa shape index (κ2) is 6.75. The number of carbonyl (C=O) groups excluding carboxylic acids is 1.